The van der Waals surface area contributed by atoms with E-state index in [1.807, 2.05) is 6.08 Å². The van der Waals surface area contributed by atoms with Gasteiger partial charge in [-0.25, -0.2) is 0 Å². The van der Waals surface area contributed by atoms with E-state index in [0.717, 1.165) is 18.9 Å². The summed E-state index contributed by atoms with van der Waals surface area (Å²) in [7, 11) is 0. The van der Waals surface area contributed by atoms with Crippen molar-refractivity contribution in [3.63, 3.8) is 0 Å². The van der Waals surface area contributed by atoms with Crippen LogP contribution in [0.1, 0.15) is 42.9 Å². The number of hydrogen-bond donors (Lipinski definition) is 0. The van der Waals surface area contributed by atoms with E-state index < -0.39 is 0 Å². The highest BCUT2D eigenvalue weighted by atomic mass is 15.2. The number of hydrogen-bond acceptors (Lipinski definition) is 1. The quantitative estimate of drug-likeness (QED) is 0.723. The third-order valence-corrected chi connectivity index (χ3v) is 4.91. The zero-order chi connectivity index (χ0) is 13.4. The third-order valence-electron chi connectivity index (χ3n) is 4.91. The lowest BCUT2D eigenvalue weighted by Gasteiger charge is -2.55. The first kappa shape index (κ1) is 12.7. The van der Waals surface area contributed by atoms with Gasteiger partial charge >= 0.3 is 0 Å². The molecule has 0 unspecified atom stereocenters. The molecule has 0 spiro atoms. The highest BCUT2D eigenvalue weighted by molar-refractivity contribution is 5.40. The van der Waals surface area contributed by atoms with Crippen LogP contribution in [0.3, 0.4) is 0 Å². The van der Waals surface area contributed by atoms with Gasteiger partial charge in [0.2, 0.25) is 0 Å². The minimum Gasteiger partial charge on any atom is -0.289 e. The van der Waals surface area contributed by atoms with Gasteiger partial charge in [-0.15, -0.1) is 13.2 Å². The average Bonchev–Trinajstić information content (AvgIpc) is 2.42. The van der Waals surface area contributed by atoms with Crippen LogP contribution in [0, 0.1) is 5.92 Å². The molecule has 1 aliphatic carbocycles. The van der Waals surface area contributed by atoms with Gasteiger partial charge in [-0.05, 0) is 29.9 Å². The third kappa shape index (κ3) is 1.88. The summed E-state index contributed by atoms with van der Waals surface area (Å²) < 4.78 is 0. The molecule has 2 bridgehead atoms. The summed E-state index contributed by atoms with van der Waals surface area (Å²) in [6.07, 6.45) is 6.48. The Balaban J connectivity index is 2.08. The van der Waals surface area contributed by atoms with E-state index in [1.54, 1.807) is 11.1 Å². The van der Waals surface area contributed by atoms with E-state index in [-0.39, 0.29) is 0 Å². The maximum atomic E-state index is 3.96. The molecule has 4 rings (SSSR count). The molecule has 0 aromatic heterocycles. The van der Waals surface area contributed by atoms with Crippen molar-refractivity contribution in [1.29, 1.82) is 0 Å². The van der Waals surface area contributed by atoms with Crippen LogP contribution in [0.2, 0.25) is 0 Å². The predicted octanol–water partition coefficient (Wildman–Crippen LogP) is 4.30. The fourth-order valence-electron chi connectivity index (χ4n) is 4.25. The monoisotopic (exact) mass is 253 g/mol. The largest absolute Gasteiger partial charge is 0.289 e. The maximum Gasteiger partial charge on any atom is 0.0360 e. The Morgan fingerprint density at radius 1 is 1.21 bits per heavy atom. The molecule has 1 heteroatoms. The van der Waals surface area contributed by atoms with Crippen LogP contribution < -0.4 is 0 Å². The lowest BCUT2D eigenvalue weighted by molar-refractivity contribution is 0.0281. The van der Waals surface area contributed by atoms with Gasteiger partial charge in [-0.2, -0.15) is 0 Å². The number of fused-ring (bicyclic) bond motifs is 2. The number of piperidine rings is 1. The molecule has 4 atom stereocenters. The highest BCUT2D eigenvalue weighted by Crippen LogP contribution is 2.53. The Bertz CT molecular complexity index is 490. The molecule has 100 valence electrons. The van der Waals surface area contributed by atoms with Crippen molar-refractivity contribution in [2.75, 3.05) is 6.54 Å². The Morgan fingerprint density at radius 3 is 2.63 bits per heavy atom. The van der Waals surface area contributed by atoms with Gasteiger partial charge in [-0.3, -0.25) is 4.90 Å². The number of nitrogens with zero attached hydrogens (tertiary/aromatic N) is 1. The first-order valence-electron chi connectivity index (χ1n) is 7.34. The Morgan fingerprint density at radius 2 is 1.95 bits per heavy atom. The van der Waals surface area contributed by atoms with Gasteiger partial charge in [0.15, 0.2) is 0 Å². The van der Waals surface area contributed by atoms with E-state index in [1.165, 1.54) is 6.42 Å². The normalized spacial score (nSPS) is 32.9. The van der Waals surface area contributed by atoms with Crippen LogP contribution in [0.5, 0.6) is 0 Å². The standard InChI is InChI=1S/C18H23N/c1-4-8-16-18-13(3)12-17(19(16)11-5-2)14-9-6-7-10-15(14)18/h4-7,9-10,13,16-18H,1-2,8,11-12H2,3H3/t13-,16+,17+,18-/m1/s1. The van der Waals surface area contributed by atoms with Gasteiger partial charge in [0.1, 0.15) is 0 Å². The molecule has 2 aliphatic heterocycles. The first-order valence-corrected chi connectivity index (χ1v) is 7.34. The van der Waals surface area contributed by atoms with Crippen LogP contribution in [0.25, 0.3) is 0 Å². The molecular weight excluding hydrogens is 230 g/mol. The molecule has 0 radical (unpaired) electrons. The Kier molecular flexibility index (Phi) is 3.32. The summed E-state index contributed by atoms with van der Waals surface area (Å²) in [5.74, 6) is 1.42. The zero-order valence-corrected chi connectivity index (χ0v) is 11.8. The molecule has 1 aromatic carbocycles. The van der Waals surface area contributed by atoms with Crippen molar-refractivity contribution in [3.8, 4) is 0 Å². The van der Waals surface area contributed by atoms with Crippen molar-refractivity contribution in [3.05, 3.63) is 60.7 Å². The van der Waals surface area contributed by atoms with E-state index in [9.17, 15) is 0 Å². The fraction of sp³-hybridized carbons (Fsp3) is 0.444. The summed E-state index contributed by atoms with van der Waals surface area (Å²) >= 11 is 0. The van der Waals surface area contributed by atoms with E-state index in [2.05, 4.69) is 55.3 Å². The lowest BCUT2D eigenvalue weighted by Crippen LogP contribution is -2.52. The van der Waals surface area contributed by atoms with Gasteiger partial charge in [0.05, 0.1) is 0 Å². The Labute approximate surface area is 116 Å². The molecule has 1 fully saturated rings. The number of benzene rings is 1. The molecule has 1 saturated heterocycles. The van der Waals surface area contributed by atoms with Crippen LogP contribution in [-0.2, 0) is 0 Å². The van der Waals surface area contributed by atoms with Crippen LogP contribution in [0.4, 0.5) is 0 Å². The van der Waals surface area contributed by atoms with Crippen molar-refractivity contribution in [1.82, 2.24) is 4.90 Å². The van der Waals surface area contributed by atoms with Gasteiger partial charge in [0, 0.05) is 24.5 Å². The van der Waals surface area contributed by atoms with Crippen molar-refractivity contribution in [2.24, 2.45) is 5.92 Å². The number of rotatable bonds is 4. The molecule has 0 saturated carbocycles. The van der Waals surface area contributed by atoms with Crippen LogP contribution in [0.15, 0.2) is 49.6 Å². The minimum atomic E-state index is 0.569. The second kappa shape index (κ2) is 4.97. The topological polar surface area (TPSA) is 3.24 Å². The maximum absolute atomic E-state index is 3.96. The average molecular weight is 253 g/mol. The van der Waals surface area contributed by atoms with Gasteiger partial charge in [-0.1, -0.05) is 43.3 Å². The van der Waals surface area contributed by atoms with Crippen LogP contribution in [-0.4, -0.2) is 17.5 Å². The van der Waals surface area contributed by atoms with Crippen molar-refractivity contribution in [2.45, 2.75) is 37.8 Å². The molecular formula is C18H23N. The molecule has 1 nitrogen and oxygen atoms in total. The lowest BCUT2D eigenvalue weighted by atomic mass is 9.64. The summed E-state index contributed by atoms with van der Waals surface area (Å²) in [6, 6.07) is 10.2. The fourth-order valence-corrected chi connectivity index (χ4v) is 4.25. The second-order valence-corrected chi connectivity index (χ2v) is 5.96. The SMILES string of the molecule is C=CC[C@H]1[C@H]2c3ccccc3[C@H](C[C@H]2C)N1CC=C. The van der Waals surface area contributed by atoms with Crippen molar-refractivity contribution >= 4 is 0 Å². The summed E-state index contributed by atoms with van der Waals surface area (Å²) in [5.41, 5.74) is 3.13. The predicted molar refractivity (Wildman–Crippen MR) is 81.2 cm³/mol. The van der Waals surface area contributed by atoms with E-state index in [0.29, 0.717) is 18.0 Å². The molecule has 0 amide bonds. The second-order valence-electron chi connectivity index (χ2n) is 5.96. The smallest absolute Gasteiger partial charge is 0.0360 e. The minimum absolute atomic E-state index is 0.569. The highest BCUT2D eigenvalue weighted by Gasteiger charge is 2.47. The van der Waals surface area contributed by atoms with Crippen molar-refractivity contribution < 1.29 is 0 Å². The summed E-state index contributed by atoms with van der Waals surface area (Å²) in [5, 5.41) is 0. The summed E-state index contributed by atoms with van der Waals surface area (Å²) in [6.45, 7) is 11.3. The molecule has 19 heavy (non-hydrogen) atoms. The molecule has 2 heterocycles. The first-order chi connectivity index (χ1) is 9.27. The van der Waals surface area contributed by atoms with Gasteiger partial charge < -0.3 is 0 Å². The zero-order valence-electron chi connectivity index (χ0n) is 11.8. The summed E-state index contributed by atoms with van der Waals surface area (Å²) in [4.78, 5) is 2.64. The Hall–Kier alpha value is -1.34. The van der Waals surface area contributed by atoms with E-state index >= 15 is 0 Å². The molecule has 1 aromatic rings. The molecule has 3 aliphatic rings. The van der Waals surface area contributed by atoms with Crippen LogP contribution >= 0.6 is 0 Å². The van der Waals surface area contributed by atoms with Gasteiger partial charge in [0.25, 0.3) is 0 Å². The molecule has 0 N–H and O–H groups in total. The van der Waals surface area contributed by atoms with E-state index in [4.69, 9.17) is 0 Å².